The van der Waals surface area contributed by atoms with Crippen molar-refractivity contribution in [3.8, 4) is 0 Å². The van der Waals surface area contributed by atoms with Crippen molar-refractivity contribution in [2.24, 2.45) is 0 Å². The van der Waals surface area contributed by atoms with Crippen molar-refractivity contribution in [3.63, 3.8) is 0 Å². The molecule has 3 heterocycles. The lowest BCUT2D eigenvalue weighted by Crippen LogP contribution is -2.31. The Kier molecular flexibility index (Phi) is 3.85. The molecule has 0 amide bonds. The van der Waals surface area contributed by atoms with Crippen LogP contribution in [0.4, 0.5) is 0 Å². The average Bonchev–Trinajstić information content (AvgIpc) is 2.85. The number of nitrogens with zero attached hydrogens (tertiary/aromatic N) is 3. The van der Waals surface area contributed by atoms with Crippen molar-refractivity contribution in [2.75, 3.05) is 6.54 Å². The van der Waals surface area contributed by atoms with Crippen molar-refractivity contribution in [1.82, 2.24) is 19.4 Å². The lowest BCUT2D eigenvalue weighted by atomic mass is 10.1. The normalized spacial score (nSPS) is 14.9. The molecule has 0 radical (unpaired) electrons. The first-order valence-electron chi connectivity index (χ1n) is 6.77. The lowest BCUT2D eigenvalue weighted by molar-refractivity contribution is -0.137. The Bertz CT molecular complexity index is 722. The van der Waals surface area contributed by atoms with Gasteiger partial charge in [0.25, 0.3) is 0 Å². The highest BCUT2D eigenvalue weighted by molar-refractivity contribution is 7.71. The number of fused-ring (bicyclic) bond motifs is 1. The molecule has 0 saturated carbocycles. The number of nitrogens with one attached hydrogen (secondary N) is 1. The molecule has 2 aromatic heterocycles. The number of hydrogen-bond acceptors (Lipinski definition) is 4. The summed E-state index contributed by atoms with van der Waals surface area (Å²) < 4.78 is 2.30. The van der Waals surface area contributed by atoms with Crippen molar-refractivity contribution >= 4 is 18.2 Å². The van der Waals surface area contributed by atoms with E-state index in [1.54, 1.807) is 10.8 Å². The summed E-state index contributed by atoms with van der Waals surface area (Å²) in [5, 5.41) is 8.92. The summed E-state index contributed by atoms with van der Waals surface area (Å²) >= 11 is 5.04. The molecule has 0 unspecified atom stereocenters. The van der Waals surface area contributed by atoms with E-state index in [0.717, 1.165) is 43.0 Å². The minimum atomic E-state index is -0.826. The van der Waals surface area contributed by atoms with Gasteiger partial charge in [-0.15, -0.1) is 0 Å². The van der Waals surface area contributed by atoms with Crippen LogP contribution in [-0.4, -0.2) is 37.1 Å². The first-order chi connectivity index (χ1) is 10.1. The maximum Gasteiger partial charge on any atom is 0.323 e. The number of rotatable bonds is 4. The van der Waals surface area contributed by atoms with Crippen molar-refractivity contribution < 1.29 is 9.90 Å². The number of hydrogen-bond donors (Lipinski definition) is 2. The van der Waals surface area contributed by atoms with Crippen molar-refractivity contribution in [1.29, 1.82) is 0 Å². The minimum Gasteiger partial charge on any atom is -0.480 e. The molecule has 1 aliphatic heterocycles. The summed E-state index contributed by atoms with van der Waals surface area (Å²) in [5.74, 6) is -0.826. The van der Waals surface area contributed by atoms with E-state index in [1.807, 2.05) is 18.3 Å². The molecule has 110 valence electrons. The van der Waals surface area contributed by atoms with Gasteiger partial charge in [-0.1, -0.05) is 0 Å². The van der Waals surface area contributed by atoms with E-state index in [4.69, 9.17) is 17.3 Å². The fourth-order valence-electron chi connectivity index (χ4n) is 2.66. The zero-order chi connectivity index (χ0) is 14.8. The first-order valence-corrected chi connectivity index (χ1v) is 7.18. The van der Waals surface area contributed by atoms with Crippen LogP contribution in [0.2, 0.25) is 0 Å². The average molecular weight is 304 g/mol. The number of H-pyrrole nitrogens is 1. The monoisotopic (exact) mass is 304 g/mol. The van der Waals surface area contributed by atoms with Crippen LogP contribution in [0.1, 0.15) is 17.0 Å². The molecule has 0 fully saturated rings. The molecular weight excluding hydrogens is 288 g/mol. The topological polar surface area (TPSA) is 74.2 Å². The molecule has 0 aliphatic carbocycles. The van der Waals surface area contributed by atoms with E-state index in [2.05, 4.69) is 14.9 Å². The van der Waals surface area contributed by atoms with Gasteiger partial charge in [-0.25, -0.2) is 4.98 Å². The molecule has 2 aromatic rings. The van der Waals surface area contributed by atoms with E-state index < -0.39 is 5.97 Å². The third-order valence-corrected chi connectivity index (χ3v) is 3.88. The molecule has 7 heteroatoms. The quantitative estimate of drug-likeness (QED) is 0.839. The highest BCUT2D eigenvalue weighted by Gasteiger charge is 2.18. The third-order valence-electron chi connectivity index (χ3n) is 3.67. The standard InChI is InChI=1S/C14H16N4O2S/c19-13(20)9-18-4-1-2-11(18)8-17-5-3-12-10(7-17)6-15-14(21)16-12/h1-2,4,6H,3,5,7-9H2,(H,19,20)(H,15,16,21). The molecule has 0 spiro atoms. The molecule has 0 saturated heterocycles. The van der Waals surface area contributed by atoms with Gasteiger partial charge in [-0.2, -0.15) is 0 Å². The maximum absolute atomic E-state index is 10.8. The van der Waals surface area contributed by atoms with Gasteiger partial charge in [-0.3, -0.25) is 9.69 Å². The van der Waals surface area contributed by atoms with Crippen LogP contribution >= 0.6 is 12.2 Å². The summed E-state index contributed by atoms with van der Waals surface area (Å²) in [6, 6.07) is 3.85. The van der Waals surface area contributed by atoms with Crippen LogP contribution in [0.3, 0.4) is 0 Å². The largest absolute Gasteiger partial charge is 0.480 e. The van der Waals surface area contributed by atoms with Crippen LogP contribution in [0, 0.1) is 4.77 Å². The van der Waals surface area contributed by atoms with Gasteiger partial charge in [0.15, 0.2) is 4.77 Å². The van der Waals surface area contributed by atoms with Crippen LogP contribution in [0.25, 0.3) is 0 Å². The second kappa shape index (κ2) is 5.79. The van der Waals surface area contributed by atoms with Crippen molar-refractivity contribution in [2.45, 2.75) is 26.1 Å². The highest BCUT2D eigenvalue weighted by atomic mass is 32.1. The van der Waals surface area contributed by atoms with Crippen LogP contribution in [-0.2, 0) is 30.8 Å². The van der Waals surface area contributed by atoms with Gasteiger partial charge in [0.1, 0.15) is 6.54 Å². The van der Waals surface area contributed by atoms with Crippen LogP contribution in [0.5, 0.6) is 0 Å². The molecule has 3 rings (SSSR count). The number of carboxylic acids is 1. The Hall–Kier alpha value is -1.99. The number of aliphatic carboxylic acids is 1. The van der Waals surface area contributed by atoms with Gasteiger partial charge in [-0.05, 0) is 24.4 Å². The second-order valence-electron chi connectivity index (χ2n) is 5.17. The molecule has 6 nitrogen and oxygen atoms in total. The first kappa shape index (κ1) is 14.0. The molecule has 0 atom stereocenters. The summed E-state index contributed by atoms with van der Waals surface area (Å²) in [6.45, 7) is 2.45. The SMILES string of the molecule is O=C(O)Cn1cccc1CN1CCc2[nH]c(=S)ncc2C1. The number of carbonyl (C=O) groups is 1. The summed E-state index contributed by atoms with van der Waals surface area (Å²) in [4.78, 5) is 20.4. The smallest absolute Gasteiger partial charge is 0.323 e. The van der Waals surface area contributed by atoms with Gasteiger partial charge >= 0.3 is 5.97 Å². The van der Waals surface area contributed by atoms with Crippen LogP contribution in [0.15, 0.2) is 24.5 Å². The third kappa shape index (κ3) is 3.20. The molecule has 0 aromatic carbocycles. The molecule has 2 N–H and O–H groups in total. The molecule has 1 aliphatic rings. The van der Waals surface area contributed by atoms with E-state index >= 15 is 0 Å². The van der Waals surface area contributed by atoms with E-state index in [-0.39, 0.29) is 6.54 Å². The summed E-state index contributed by atoms with van der Waals surface area (Å²) in [5.41, 5.74) is 3.33. The van der Waals surface area contributed by atoms with Crippen LogP contribution < -0.4 is 0 Å². The predicted octanol–water partition coefficient (Wildman–Crippen LogP) is 1.58. The molecule has 21 heavy (non-hydrogen) atoms. The van der Waals surface area contributed by atoms with Gasteiger partial charge in [0, 0.05) is 55.4 Å². The molecular formula is C14H16N4O2S. The lowest BCUT2D eigenvalue weighted by Gasteiger charge is -2.28. The van der Waals surface area contributed by atoms with E-state index in [1.165, 1.54) is 0 Å². The fraction of sp³-hybridized carbons (Fsp3) is 0.357. The van der Waals surface area contributed by atoms with Gasteiger partial charge in [0.05, 0.1) is 0 Å². The van der Waals surface area contributed by atoms with E-state index in [9.17, 15) is 4.79 Å². The Morgan fingerprint density at radius 1 is 1.52 bits per heavy atom. The summed E-state index contributed by atoms with van der Waals surface area (Å²) in [6.07, 6.45) is 4.54. The van der Waals surface area contributed by atoms with Crippen molar-refractivity contribution in [3.05, 3.63) is 46.2 Å². The van der Waals surface area contributed by atoms with E-state index in [0.29, 0.717) is 4.77 Å². The number of aromatic nitrogens is 3. The minimum absolute atomic E-state index is 0.00139. The Labute approximate surface area is 127 Å². The highest BCUT2D eigenvalue weighted by Crippen LogP contribution is 2.18. The zero-order valence-corrected chi connectivity index (χ0v) is 12.3. The van der Waals surface area contributed by atoms with Gasteiger partial charge < -0.3 is 14.7 Å². The molecule has 0 bridgehead atoms. The predicted molar refractivity (Wildman–Crippen MR) is 79.3 cm³/mol. The number of carboxylic acid groups (broad SMARTS) is 1. The Balaban J connectivity index is 1.73. The second-order valence-corrected chi connectivity index (χ2v) is 5.56. The Morgan fingerprint density at radius 2 is 2.38 bits per heavy atom. The summed E-state index contributed by atoms with van der Waals surface area (Å²) in [7, 11) is 0. The fourth-order valence-corrected chi connectivity index (χ4v) is 2.84. The maximum atomic E-state index is 10.8. The Morgan fingerprint density at radius 3 is 3.19 bits per heavy atom. The number of aromatic amines is 1. The van der Waals surface area contributed by atoms with Gasteiger partial charge in [0.2, 0.25) is 0 Å². The zero-order valence-electron chi connectivity index (χ0n) is 11.5.